The van der Waals surface area contributed by atoms with Gasteiger partial charge in [0.25, 0.3) is 5.56 Å². The van der Waals surface area contributed by atoms with Crippen LogP contribution in [0.15, 0.2) is 10.9 Å². The number of aromatic amines is 2. The van der Waals surface area contributed by atoms with E-state index in [1.807, 2.05) is 0 Å². The van der Waals surface area contributed by atoms with Gasteiger partial charge in [-0.05, 0) is 25.1 Å². The van der Waals surface area contributed by atoms with Crippen LogP contribution in [0.4, 0.5) is 0 Å². The van der Waals surface area contributed by atoms with E-state index in [4.69, 9.17) is 12.2 Å². The molecule has 0 radical (unpaired) electrons. The summed E-state index contributed by atoms with van der Waals surface area (Å²) in [5, 5.41) is 12.3. The van der Waals surface area contributed by atoms with E-state index < -0.39 is 0 Å². The fourth-order valence-corrected chi connectivity index (χ4v) is 2.37. The number of thiocarbonyl (C=S) groups is 1. The first-order chi connectivity index (χ1) is 8.24. The van der Waals surface area contributed by atoms with Crippen molar-refractivity contribution in [2.45, 2.75) is 44.7 Å². The number of aromatic nitrogens is 2. The highest BCUT2D eigenvalue weighted by Gasteiger charge is 2.13. The molecule has 94 valence electrons. The van der Waals surface area contributed by atoms with Gasteiger partial charge in [-0.3, -0.25) is 9.89 Å². The van der Waals surface area contributed by atoms with E-state index >= 15 is 0 Å². The van der Waals surface area contributed by atoms with Crippen LogP contribution in [-0.2, 0) is 6.54 Å². The Morgan fingerprint density at radius 1 is 1.35 bits per heavy atom. The van der Waals surface area contributed by atoms with E-state index in [0.29, 0.717) is 17.7 Å². The van der Waals surface area contributed by atoms with Gasteiger partial charge in [0, 0.05) is 12.1 Å². The molecule has 1 aliphatic carbocycles. The maximum atomic E-state index is 10.9. The van der Waals surface area contributed by atoms with Crippen molar-refractivity contribution in [1.29, 1.82) is 0 Å². The van der Waals surface area contributed by atoms with Crippen molar-refractivity contribution in [3.05, 3.63) is 22.1 Å². The third-order valence-electron chi connectivity index (χ3n) is 3.03. The summed E-state index contributed by atoms with van der Waals surface area (Å²) in [6.45, 7) is 0.539. The number of nitrogens with one attached hydrogen (secondary N) is 4. The molecule has 0 spiro atoms. The van der Waals surface area contributed by atoms with Gasteiger partial charge in [-0.15, -0.1) is 0 Å². The van der Waals surface area contributed by atoms with Crippen LogP contribution in [0.25, 0.3) is 0 Å². The van der Waals surface area contributed by atoms with Gasteiger partial charge >= 0.3 is 0 Å². The minimum atomic E-state index is -0.118. The standard InChI is InChI=1S/C11H18N4OS/c16-10-6-9(14-15-10)7-12-11(17)13-8-4-2-1-3-5-8/h6,8H,1-5,7H2,(H2,12,13,17)(H2,14,15,16). The van der Waals surface area contributed by atoms with Gasteiger partial charge in [0.15, 0.2) is 5.11 Å². The molecule has 1 aromatic heterocycles. The van der Waals surface area contributed by atoms with Crippen LogP contribution < -0.4 is 16.2 Å². The summed E-state index contributed by atoms with van der Waals surface area (Å²) in [5.41, 5.74) is 0.691. The van der Waals surface area contributed by atoms with Crippen LogP contribution in [-0.4, -0.2) is 21.4 Å². The highest BCUT2D eigenvalue weighted by Crippen LogP contribution is 2.17. The molecule has 1 saturated carbocycles. The first-order valence-electron chi connectivity index (χ1n) is 6.05. The summed E-state index contributed by atoms with van der Waals surface area (Å²) in [7, 11) is 0. The summed E-state index contributed by atoms with van der Waals surface area (Å²) >= 11 is 5.22. The molecule has 0 unspecified atom stereocenters. The monoisotopic (exact) mass is 254 g/mol. The fraction of sp³-hybridized carbons (Fsp3) is 0.636. The third-order valence-corrected chi connectivity index (χ3v) is 3.29. The largest absolute Gasteiger partial charge is 0.360 e. The summed E-state index contributed by atoms with van der Waals surface area (Å²) in [5.74, 6) is 0. The van der Waals surface area contributed by atoms with Gasteiger partial charge in [0.05, 0.1) is 12.2 Å². The smallest absolute Gasteiger partial charge is 0.264 e. The minimum absolute atomic E-state index is 0.118. The minimum Gasteiger partial charge on any atom is -0.360 e. The second kappa shape index (κ2) is 5.86. The predicted octanol–water partition coefficient (Wildman–Crippen LogP) is 1.000. The molecule has 0 atom stereocenters. The molecule has 1 heterocycles. The topological polar surface area (TPSA) is 72.7 Å². The van der Waals surface area contributed by atoms with Crippen LogP contribution in [0, 0.1) is 0 Å². The lowest BCUT2D eigenvalue weighted by Crippen LogP contribution is -2.42. The van der Waals surface area contributed by atoms with Crippen LogP contribution in [0.1, 0.15) is 37.8 Å². The van der Waals surface area contributed by atoms with Gasteiger partial charge in [0.1, 0.15) is 0 Å². The van der Waals surface area contributed by atoms with Crippen molar-refractivity contribution in [3.8, 4) is 0 Å². The molecule has 0 aliphatic heterocycles. The van der Waals surface area contributed by atoms with E-state index in [2.05, 4.69) is 20.8 Å². The molecule has 0 amide bonds. The molecule has 5 nitrogen and oxygen atoms in total. The van der Waals surface area contributed by atoms with Crippen LogP contribution in [0.3, 0.4) is 0 Å². The zero-order valence-corrected chi connectivity index (χ0v) is 10.5. The molecule has 0 bridgehead atoms. The van der Waals surface area contributed by atoms with E-state index in [9.17, 15) is 4.79 Å². The lowest BCUT2D eigenvalue weighted by Gasteiger charge is -2.24. The third kappa shape index (κ3) is 3.89. The summed E-state index contributed by atoms with van der Waals surface area (Å²) < 4.78 is 0. The maximum Gasteiger partial charge on any atom is 0.264 e. The normalized spacial score (nSPS) is 16.7. The van der Waals surface area contributed by atoms with Crippen LogP contribution in [0.2, 0.25) is 0 Å². The lowest BCUT2D eigenvalue weighted by atomic mass is 9.96. The molecule has 0 saturated heterocycles. The van der Waals surface area contributed by atoms with Crippen molar-refractivity contribution in [1.82, 2.24) is 20.8 Å². The second-order valence-corrected chi connectivity index (χ2v) is 4.85. The van der Waals surface area contributed by atoms with E-state index in [0.717, 1.165) is 5.69 Å². The Morgan fingerprint density at radius 3 is 2.76 bits per heavy atom. The average molecular weight is 254 g/mol. The molecular formula is C11H18N4OS. The van der Waals surface area contributed by atoms with E-state index in [-0.39, 0.29) is 5.56 Å². The fourth-order valence-electron chi connectivity index (χ4n) is 2.13. The second-order valence-electron chi connectivity index (χ2n) is 4.45. The SMILES string of the molecule is O=c1cc(CNC(=S)NC2CCCCC2)[nH][nH]1. The van der Waals surface area contributed by atoms with Gasteiger partial charge in [-0.1, -0.05) is 19.3 Å². The Balaban J connectivity index is 1.71. The van der Waals surface area contributed by atoms with Crippen LogP contribution >= 0.6 is 12.2 Å². The number of hydrogen-bond acceptors (Lipinski definition) is 2. The van der Waals surface area contributed by atoms with Gasteiger partial charge in [0.2, 0.25) is 0 Å². The Morgan fingerprint density at radius 2 is 2.12 bits per heavy atom. The summed E-state index contributed by atoms with van der Waals surface area (Å²) in [4.78, 5) is 10.9. The lowest BCUT2D eigenvalue weighted by molar-refractivity contribution is 0.412. The van der Waals surface area contributed by atoms with Crippen LogP contribution in [0.5, 0.6) is 0 Å². The van der Waals surface area contributed by atoms with Crippen molar-refractivity contribution < 1.29 is 0 Å². The number of rotatable bonds is 3. The Labute approximate surface area is 105 Å². The first kappa shape index (κ1) is 12.2. The molecule has 1 aliphatic rings. The molecular weight excluding hydrogens is 236 g/mol. The van der Waals surface area contributed by atoms with Gasteiger partial charge < -0.3 is 15.7 Å². The van der Waals surface area contributed by atoms with Gasteiger partial charge in [-0.2, -0.15) is 0 Å². The molecule has 17 heavy (non-hydrogen) atoms. The number of hydrogen-bond donors (Lipinski definition) is 4. The Hall–Kier alpha value is -1.30. The molecule has 1 fully saturated rings. The molecule has 4 N–H and O–H groups in total. The molecule has 1 aromatic rings. The summed E-state index contributed by atoms with van der Waals surface area (Å²) in [6, 6.07) is 2.03. The Kier molecular flexibility index (Phi) is 4.19. The van der Waals surface area contributed by atoms with E-state index in [1.165, 1.54) is 38.2 Å². The Bertz CT molecular complexity index is 419. The first-order valence-corrected chi connectivity index (χ1v) is 6.46. The highest BCUT2D eigenvalue weighted by molar-refractivity contribution is 7.80. The van der Waals surface area contributed by atoms with Crippen molar-refractivity contribution in [2.24, 2.45) is 0 Å². The summed E-state index contributed by atoms with van der Waals surface area (Å²) in [6.07, 6.45) is 6.30. The number of H-pyrrole nitrogens is 2. The maximum absolute atomic E-state index is 10.9. The average Bonchev–Trinajstić information content (AvgIpc) is 2.74. The van der Waals surface area contributed by atoms with Crippen molar-refractivity contribution in [3.63, 3.8) is 0 Å². The van der Waals surface area contributed by atoms with E-state index in [1.54, 1.807) is 0 Å². The van der Waals surface area contributed by atoms with Crippen molar-refractivity contribution >= 4 is 17.3 Å². The molecule has 6 heteroatoms. The predicted molar refractivity (Wildman–Crippen MR) is 70.9 cm³/mol. The molecule has 2 rings (SSSR count). The molecule has 0 aromatic carbocycles. The zero-order valence-electron chi connectivity index (χ0n) is 9.71. The highest BCUT2D eigenvalue weighted by atomic mass is 32.1. The quantitative estimate of drug-likeness (QED) is 0.607. The zero-order chi connectivity index (χ0) is 12.1. The van der Waals surface area contributed by atoms with Crippen molar-refractivity contribution in [2.75, 3.05) is 0 Å². The van der Waals surface area contributed by atoms with Gasteiger partial charge in [-0.25, -0.2) is 0 Å².